The second-order valence-electron chi connectivity index (χ2n) is 6.49. The molecule has 6 N–H and O–H groups in total. The highest BCUT2D eigenvalue weighted by atomic mass is 16.6. The number of aliphatic hydroxyl groups is 3. The van der Waals surface area contributed by atoms with Crippen LogP contribution in [0, 0.1) is 0 Å². The lowest BCUT2D eigenvalue weighted by molar-refractivity contribution is -0.0511. The Morgan fingerprint density at radius 1 is 1.30 bits per heavy atom. The summed E-state index contributed by atoms with van der Waals surface area (Å²) in [4.78, 5) is 16.6. The number of pyridine rings is 1. The van der Waals surface area contributed by atoms with Crippen molar-refractivity contribution >= 4 is 29.1 Å². The second kappa shape index (κ2) is 8.16. The number of hydrogen-bond donors (Lipinski definition) is 5. The van der Waals surface area contributed by atoms with Gasteiger partial charge in [-0.1, -0.05) is 0 Å². The fourth-order valence-electron chi connectivity index (χ4n) is 3.04. The number of methoxy groups -OCH3 is 1. The maximum Gasteiger partial charge on any atom is 0.247 e. The maximum atomic E-state index is 10.3. The number of aromatic nitrogens is 5. The number of nitrogens with two attached hydrogens (primary N) is 1. The molecule has 13 heteroatoms. The minimum Gasteiger partial charge on any atom is -0.481 e. The largest absolute Gasteiger partial charge is 0.481 e. The number of aliphatic hydroxyl groups excluding tert-OH is 3. The number of fused-ring (bicyclic) bond motifs is 1. The van der Waals surface area contributed by atoms with Crippen LogP contribution in [0.3, 0.4) is 0 Å². The third kappa shape index (κ3) is 3.61. The molecule has 0 unspecified atom stereocenters. The summed E-state index contributed by atoms with van der Waals surface area (Å²) in [5.41, 5.74) is 9.92. The van der Waals surface area contributed by atoms with Gasteiger partial charge in [-0.2, -0.15) is 15.1 Å². The van der Waals surface area contributed by atoms with E-state index in [1.807, 2.05) is 0 Å². The van der Waals surface area contributed by atoms with Crippen LogP contribution in [0.5, 0.6) is 5.88 Å². The third-order valence-electron chi connectivity index (χ3n) is 4.59. The van der Waals surface area contributed by atoms with E-state index in [1.54, 1.807) is 18.3 Å². The van der Waals surface area contributed by atoms with Gasteiger partial charge in [0.1, 0.15) is 23.8 Å². The van der Waals surface area contributed by atoms with Crippen LogP contribution in [0.2, 0.25) is 0 Å². The van der Waals surface area contributed by atoms with E-state index in [9.17, 15) is 15.3 Å². The summed E-state index contributed by atoms with van der Waals surface area (Å²) >= 11 is 0. The summed E-state index contributed by atoms with van der Waals surface area (Å²) in [7, 11) is 1.53. The van der Waals surface area contributed by atoms with Crippen LogP contribution in [0.25, 0.3) is 11.2 Å². The topological polar surface area (TPSA) is 186 Å². The number of imidazole rings is 1. The van der Waals surface area contributed by atoms with Crippen molar-refractivity contribution in [3.05, 3.63) is 30.2 Å². The van der Waals surface area contributed by atoms with Crippen molar-refractivity contribution < 1.29 is 24.8 Å². The first-order chi connectivity index (χ1) is 14.5. The number of nitrogens with zero attached hydrogens (tertiary/aromatic N) is 6. The van der Waals surface area contributed by atoms with E-state index in [-0.39, 0.29) is 17.4 Å². The number of rotatable bonds is 6. The molecule has 1 aliphatic rings. The van der Waals surface area contributed by atoms with Gasteiger partial charge in [0.15, 0.2) is 17.7 Å². The van der Waals surface area contributed by atoms with E-state index < -0.39 is 31.1 Å². The van der Waals surface area contributed by atoms with Crippen LogP contribution in [0.4, 0.5) is 11.8 Å². The molecule has 1 fully saturated rings. The summed E-state index contributed by atoms with van der Waals surface area (Å²) in [6.07, 6.45) is -0.00462. The zero-order valence-electron chi connectivity index (χ0n) is 15.8. The Hall–Kier alpha value is -3.39. The van der Waals surface area contributed by atoms with Gasteiger partial charge in [-0.3, -0.25) is 4.57 Å². The molecule has 1 aliphatic heterocycles. The smallest absolute Gasteiger partial charge is 0.247 e. The normalized spacial score (nSPS) is 24.0. The molecule has 4 atom stereocenters. The Morgan fingerprint density at radius 3 is 2.80 bits per heavy atom. The molecular weight excluding hydrogens is 396 g/mol. The summed E-state index contributed by atoms with van der Waals surface area (Å²) in [5.74, 6) is 0.667. The average Bonchev–Trinajstić information content (AvgIpc) is 3.30. The molecule has 0 aliphatic carbocycles. The highest BCUT2D eigenvalue weighted by Gasteiger charge is 2.44. The van der Waals surface area contributed by atoms with Gasteiger partial charge >= 0.3 is 0 Å². The molecule has 0 spiro atoms. The first kappa shape index (κ1) is 19.9. The Bertz CT molecular complexity index is 1060. The monoisotopic (exact) mass is 416 g/mol. The van der Waals surface area contributed by atoms with Crippen molar-refractivity contribution in [1.29, 1.82) is 0 Å². The van der Waals surface area contributed by atoms with E-state index in [1.165, 1.54) is 24.2 Å². The van der Waals surface area contributed by atoms with Crippen LogP contribution in [0.15, 0.2) is 29.8 Å². The molecule has 3 aromatic heterocycles. The van der Waals surface area contributed by atoms with Crippen molar-refractivity contribution in [3.63, 3.8) is 0 Å². The SMILES string of the molecule is COc1ccc(/C=N/Nc2nc(N)c3ncn([C@@H]4O[C@H](CO)[C@@H](O)[C@H]4O)c3n2)cn1. The minimum atomic E-state index is -1.28. The van der Waals surface area contributed by atoms with Crippen molar-refractivity contribution in [1.82, 2.24) is 24.5 Å². The number of ether oxygens (including phenoxy) is 2. The molecular formula is C17H20N8O5. The Labute approximate surface area is 169 Å². The van der Waals surface area contributed by atoms with Crippen molar-refractivity contribution in [3.8, 4) is 5.88 Å². The number of nitrogens with one attached hydrogen (secondary N) is 1. The molecule has 13 nitrogen and oxygen atoms in total. The van der Waals surface area contributed by atoms with Gasteiger partial charge in [-0.25, -0.2) is 15.4 Å². The number of hydrogen-bond acceptors (Lipinski definition) is 12. The van der Waals surface area contributed by atoms with E-state index in [0.29, 0.717) is 17.0 Å². The Kier molecular flexibility index (Phi) is 5.41. The van der Waals surface area contributed by atoms with E-state index in [2.05, 4.69) is 30.5 Å². The van der Waals surface area contributed by atoms with Gasteiger partial charge < -0.3 is 30.5 Å². The lowest BCUT2D eigenvalue weighted by Crippen LogP contribution is -2.33. The van der Waals surface area contributed by atoms with Crippen molar-refractivity contribution in [2.75, 3.05) is 24.9 Å². The van der Waals surface area contributed by atoms with E-state index in [4.69, 9.17) is 15.2 Å². The summed E-state index contributed by atoms with van der Waals surface area (Å²) in [6, 6.07) is 3.47. The average molecular weight is 416 g/mol. The Balaban J connectivity index is 1.58. The lowest BCUT2D eigenvalue weighted by atomic mass is 10.1. The second-order valence-corrected chi connectivity index (χ2v) is 6.49. The molecule has 3 aromatic rings. The third-order valence-corrected chi connectivity index (χ3v) is 4.59. The Morgan fingerprint density at radius 2 is 2.13 bits per heavy atom. The van der Waals surface area contributed by atoms with Gasteiger partial charge in [0.05, 0.1) is 26.3 Å². The fourth-order valence-corrected chi connectivity index (χ4v) is 3.04. The number of anilines is 2. The first-order valence-corrected chi connectivity index (χ1v) is 8.93. The molecule has 0 aromatic carbocycles. The molecule has 0 saturated carbocycles. The van der Waals surface area contributed by atoms with Gasteiger partial charge in [-0.15, -0.1) is 0 Å². The highest BCUT2D eigenvalue weighted by Crippen LogP contribution is 2.32. The summed E-state index contributed by atoms with van der Waals surface area (Å²) < 4.78 is 11.9. The van der Waals surface area contributed by atoms with Crippen LogP contribution in [-0.4, -0.2) is 78.1 Å². The van der Waals surface area contributed by atoms with Crippen LogP contribution < -0.4 is 15.9 Å². The first-order valence-electron chi connectivity index (χ1n) is 8.93. The zero-order valence-corrected chi connectivity index (χ0v) is 15.8. The predicted molar refractivity (Wildman–Crippen MR) is 105 cm³/mol. The maximum absolute atomic E-state index is 10.3. The van der Waals surface area contributed by atoms with Gasteiger partial charge in [0.2, 0.25) is 11.8 Å². The molecule has 30 heavy (non-hydrogen) atoms. The van der Waals surface area contributed by atoms with Crippen molar-refractivity contribution in [2.24, 2.45) is 5.10 Å². The zero-order chi connectivity index (χ0) is 21.3. The van der Waals surface area contributed by atoms with Crippen LogP contribution >= 0.6 is 0 Å². The van der Waals surface area contributed by atoms with Crippen molar-refractivity contribution in [2.45, 2.75) is 24.5 Å². The molecule has 4 rings (SSSR count). The highest BCUT2D eigenvalue weighted by molar-refractivity contribution is 5.83. The molecule has 0 amide bonds. The number of nitrogen functional groups attached to an aromatic ring is 1. The van der Waals surface area contributed by atoms with E-state index >= 15 is 0 Å². The lowest BCUT2D eigenvalue weighted by Gasteiger charge is -2.16. The van der Waals surface area contributed by atoms with Gasteiger partial charge in [0, 0.05) is 17.8 Å². The molecule has 0 bridgehead atoms. The standard InChI is InChI=1S/C17H20N8O5/c1-29-10-3-2-8(4-19-10)5-21-24-17-22-14(18)11-15(23-17)25(7-20-11)16-13(28)12(27)9(6-26)30-16/h2-5,7,9,12-13,16,26-28H,6H2,1H3,(H3,18,22,23,24)/b21-5+/t9-,12-,13-,16-/m1/s1. The van der Waals surface area contributed by atoms with Gasteiger partial charge in [-0.05, 0) is 6.07 Å². The van der Waals surface area contributed by atoms with Crippen LogP contribution in [0.1, 0.15) is 11.8 Å². The fraction of sp³-hybridized carbons (Fsp3) is 0.353. The number of hydrazone groups is 1. The van der Waals surface area contributed by atoms with Gasteiger partial charge in [0.25, 0.3) is 0 Å². The van der Waals surface area contributed by atoms with E-state index in [0.717, 1.165) is 0 Å². The summed E-state index contributed by atoms with van der Waals surface area (Å²) in [6.45, 7) is -0.444. The molecule has 1 saturated heterocycles. The molecule has 158 valence electrons. The van der Waals surface area contributed by atoms with Crippen LogP contribution in [-0.2, 0) is 4.74 Å². The quantitative estimate of drug-likeness (QED) is 0.242. The molecule has 4 heterocycles. The minimum absolute atomic E-state index is 0.0891. The summed E-state index contributed by atoms with van der Waals surface area (Å²) in [5, 5.41) is 33.6. The molecule has 0 radical (unpaired) electrons. The predicted octanol–water partition coefficient (Wildman–Crippen LogP) is -1.13.